The minimum absolute atomic E-state index is 0.661. The fraction of sp³-hybridized carbons (Fsp3) is 0.647. The van der Waals surface area contributed by atoms with E-state index in [0.29, 0.717) is 0 Å². The highest BCUT2D eigenvalue weighted by Gasteiger charge is 2.45. The summed E-state index contributed by atoms with van der Waals surface area (Å²) < 4.78 is 16.0. The normalized spacial score (nSPS) is 35.5. The smallest absolute Gasteiger partial charge is 0.415 e. The molecule has 0 spiro atoms. The summed E-state index contributed by atoms with van der Waals surface area (Å²) in [5, 5.41) is 62.4. The Labute approximate surface area is 189 Å². The van der Waals surface area contributed by atoms with Crippen molar-refractivity contribution < 1.29 is 54.4 Å². The number of aliphatic hydroxyl groups excluding tert-OH is 6. The average Bonchev–Trinajstić information content (AvgIpc) is 3.06. The molecule has 0 saturated carbocycles. The lowest BCUT2D eigenvalue weighted by molar-refractivity contribution is -0.233. The van der Waals surface area contributed by atoms with E-state index in [4.69, 9.17) is 19.3 Å². The number of aliphatic hydroxyl groups is 6. The minimum Gasteiger partial charge on any atom is -0.446 e. The van der Waals surface area contributed by atoms with E-state index in [0.717, 1.165) is 16.8 Å². The summed E-state index contributed by atoms with van der Waals surface area (Å²) in [6.07, 6.45) is -14.3. The number of urea groups is 1. The van der Waals surface area contributed by atoms with Gasteiger partial charge in [0.15, 0.2) is 12.5 Å². The van der Waals surface area contributed by atoms with E-state index in [9.17, 15) is 44.7 Å². The molecule has 3 amide bonds. The van der Waals surface area contributed by atoms with Gasteiger partial charge < -0.3 is 50.2 Å². The van der Waals surface area contributed by atoms with Gasteiger partial charge in [0, 0.05) is 12.3 Å². The van der Waals surface area contributed by atoms with Crippen molar-refractivity contribution in [3.63, 3.8) is 0 Å². The maximum atomic E-state index is 12.0. The van der Waals surface area contributed by atoms with Crippen LogP contribution in [0.1, 0.15) is 6.23 Å². The Morgan fingerprint density at radius 1 is 1.00 bits per heavy atom. The molecule has 34 heavy (non-hydrogen) atoms. The quantitative estimate of drug-likeness (QED) is 0.186. The topological polar surface area (TPSA) is 262 Å². The largest absolute Gasteiger partial charge is 0.446 e. The van der Waals surface area contributed by atoms with E-state index >= 15 is 0 Å². The zero-order valence-electron chi connectivity index (χ0n) is 17.3. The number of carbonyl (C=O) groups is 2. The molecule has 17 heteroatoms. The molecule has 2 aliphatic rings. The molecule has 9 atom stereocenters. The maximum absolute atomic E-state index is 12.0. The number of aromatic amines is 1. The van der Waals surface area contributed by atoms with Crippen molar-refractivity contribution in [2.75, 3.05) is 13.2 Å². The lowest BCUT2D eigenvalue weighted by Crippen LogP contribution is -2.64. The number of carbonyl (C=O) groups excluding carboxylic acids is 2. The van der Waals surface area contributed by atoms with Crippen molar-refractivity contribution in [1.29, 1.82) is 0 Å². The second-order valence-electron chi connectivity index (χ2n) is 7.51. The predicted octanol–water partition coefficient (Wildman–Crippen LogP) is -5.61. The molecule has 1 aromatic rings. The molecule has 3 heterocycles. The van der Waals surface area contributed by atoms with Crippen LogP contribution in [0, 0.1) is 0 Å². The molecule has 0 aromatic carbocycles. The van der Waals surface area contributed by atoms with Crippen LogP contribution in [0.5, 0.6) is 0 Å². The van der Waals surface area contributed by atoms with E-state index < -0.39 is 91.8 Å². The van der Waals surface area contributed by atoms with E-state index in [-0.39, 0.29) is 0 Å². The maximum Gasteiger partial charge on any atom is 0.415 e. The molecular formula is C17H24N4O13. The molecule has 2 aliphatic heterocycles. The average molecular weight is 492 g/mol. The highest BCUT2D eigenvalue weighted by Crippen LogP contribution is 2.28. The predicted molar refractivity (Wildman–Crippen MR) is 104 cm³/mol. The van der Waals surface area contributed by atoms with Gasteiger partial charge in [0.25, 0.3) is 5.56 Å². The number of amides is 3. The van der Waals surface area contributed by atoms with Crippen LogP contribution in [0.3, 0.4) is 0 Å². The molecule has 17 nitrogen and oxygen atoms in total. The third-order valence-corrected chi connectivity index (χ3v) is 5.22. The monoisotopic (exact) mass is 492 g/mol. The Morgan fingerprint density at radius 2 is 1.68 bits per heavy atom. The molecule has 0 bridgehead atoms. The van der Waals surface area contributed by atoms with E-state index in [1.807, 2.05) is 10.3 Å². The summed E-state index contributed by atoms with van der Waals surface area (Å²) in [7, 11) is 0. The number of nitrogens with one attached hydrogen (secondary N) is 3. The van der Waals surface area contributed by atoms with Crippen molar-refractivity contribution in [1.82, 2.24) is 20.2 Å². The van der Waals surface area contributed by atoms with Crippen molar-refractivity contribution in [2.45, 2.75) is 55.2 Å². The van der Waals surface area contributed by atoms with Crippen molar-refractivity contribution in [3.8, 4) is 0 Å². The second-order valence-corrected chi connectivity index (χ2v) is 7.51. The number of hydrogen-bond donors (Lipinski definition) is 9. The molecule has 9 N–H and O–H groups in total. The van der Waals surface area contributed by atoms with E-state index in [1.165, 1.54) is 0 Å². The second kappa shape index (κ2) is 10.6. The highest BCUT2D eigenvalue weighted by molar-refractivity contribution is 5.90. The summed E-state index contributed by atoms with van der Waals surface area (Å²) in [4.78, 5) is 48.8. The van der Waals surface area contributed by atoms with Crippen LogP contribution in [-0.4, -0.2) is 114 Å². The number of hydrogen-bond acceptors (Lipinski definition) is 13. The van der Waals surface area contributed by atoms with E-state index in [2.05, 4.69) is 0 Å². The first-order chi connectivity index (χ1) is 16.0. The molecule has 0 aliphatic carbocycles. The number of rotatable bonds is 5. The van der Waals surface area contributed by atoms with Gasteiger partial charge in [0.1, 0.15) is 49.3 Å². The Hall–Kier alpha value is -2.90. The number of imide groups is 1. The summed E-state index contributed by atoms with van der Waals surface area (Å²) in [5.41, 5.74) is -1.60. The number of nitrogens with zero attached hydrogens (tertiary/aromatic N) is 1. The van der Waals surface area contributed by atoms with Gasteiger partial charge in [-0.25, -0.2) is 19.7 Å². The summed E-state index contributed by atoms with van der Waals surface area (Å²) in [6, 6.07) is -0.241. The van der Waals surface area contributed by atoms with Gasteiger partial charge in [-0.2, -0.15) is 0 Å². The molecule has 190 valence electrons. The standard InChI is InChI=1S/C17H24N4O13/c22-3-5-8(24)10(26)11(27)13(33-5)19-15(29)20-17(31)32-4-6-9(25)12(28)14(34-6)21-2-1-7(23)18-16(21)30/h1-2,5-6,8-14,22,24-28H,3-4H2,(H,18,23,30)(H2,19,20,29,31)/t5-,6-,8-,9-,10+,11-,12-,13-,14-/m1/s1. The zero-order chi connectivity index (χ0) is 25.2. The number of alkyl carbamates (subject to hydrolysis) is 1. The molecule has 2 fully saturated rings. The first kappa shape index (κ1) is 25.7. The zero-order valence-corrected chi connectivity index (χ0v) is 17.3. The van der Waals surface area contributed by atoms with Crippen LogP contribution in [0.15, 0.2) is 21.9 Å². The van der Waals surface area contributed by atoms with E-state index in [1.54, 1.807) is 5.32 Å². The van der Waals surface area contributed by atoms with Crippen LogP contribution >= 0.6 is 0 Å². The Bertz CT molecular complexity index is 996. The molecular weight excluding hydrogens is 468 g/mol. The van der Waals surface area contributed by atoms with Gasteiger partial charge in [0.2, 0.25) is 0 Å². The van der Waals surface area contributed by atoms with Gasteiger partial charge in [-0.15, -0.1) is 0 Å². The van der Waals surface area contributed by atoms with Crippen molar-refractivity contribution in [2.24, 2.45) is 0 Å². The van der Waals surface area contributed by atoms with Crippen LogP contribution in [0.4, 0.5) is 9.59 Å². The summed E-state index contributed by atoms with van der Waals surface area (Å²) >= 11 is 0. The van der Waals surface area contributed by atoms with Crippen molar-refractivity contribution >= 4 is 12.1 Å². The Balaban J connectivity index is 1.51. The molecule has 1 aromatic heterocycles. The molecule has 0 radical (unpaired) electrons. The van der Waals surface area contributed by atoms with Crippen LogP contribution < -0.4 is 21.9 Å². The third kappa shape index (κ3) is 5.42. The fourth-order valence-electron chi connectivity index (χ4n) is 3.40. The van der Waals surface area contributed by atoms with Crippen LogP contribution in [0.25, 0.3) is 0 Å². The van der Waals surface area contributed by atoms with Gasteiger partial charge >= 0.3 is 17.8 Å². The molecule has 2 saturated heterocycles. The minimum atomic E-state index is -1.78. The summed E-state index contributed by atoms with van der Waals surface area (Å²) in [5.74, 6) is 0. The van der Waals surface area contributed by atoms with Crippen molar-refractivity contribution in [3.05, 3.63) is 33.1 Å². The van der Waals surface area contributed by atoms with Gasteiger partial charge in [-0.05, 0) is 0 Å². The Morgan fingerprint density at radius 3 is 2.32 bits per heavy atom. The first-order valence-corrected chi connectivity index (χ1v) is 9.91. The van der Waals surface area contributed by atoms with Gasteiger partial charge in [0.05, 0.1) is 6.61 Å². The lowest BCUT2D eigenvalue weighted by atomic mass is 9.98. The molecule has 3 rings (SSSR count). The number of H-pyrrole nitrogens is 1. The third-order valence-electron chi connectivity index (χ3n) is 5.22. The Kier molecular flexibility index (Phi) is 8.00. The molecule has 0 unspecified atom stereocenters. The van der Waals surface area contributed by atoms with Crippen LogP contribution in [0.2, 0.25) is 0 Å². The number of aromatic nitrogens is 2. The lowest BCUT2D eigenvalue weighted by Gasteiger charge is -2.39. The number of ether oxygens (including phenoxy) is 3. The SMILES string of the molecule is O=C(NC(=O)OC[C@H]1O[C@@H](n2ccc(=O)[nH]c2=O)[C@H](O)[C@@H]1O)N[C@@H]1O[C@H](CO)[C@@H](O)[C@H](O)[C@H]1O. The van der Waals surface area contributed by atoms with Gasteiger partial charge in [-0.1, -0.05) is 0 Å². The highest BCUT2D eigenvalue weighted by atomic mass is 16.6. The van der Waals surface area contributed by atoms with Crippen LogP contribution in [-0.2, 0) is 14.2 Å². The van der Waals surface area contributed by atoms with Gasteiger partial charge in [-0.3, -0.25) is 14.3 Å². The first-order valence-electron chi connectivity index (χ1n) is 9.91. The summed E-state index contributed by atoms with van der Waals surface area (Å²) in [6.45, 7) is -1.39. The fourth-order valence-corrected chi connectivity index (χ4v) is 3.40.